The normalized spacial score (nSPS) is 15.4. The van der Waals surface area contributed by atoms with Gasteiger partial charge in [0.15, 0.2) is 0 Å². The van der Waals surface area contributed by atoms with Crippen molar-refractivity contribution in [2.75, 3.05) is 11.9 Å². The van der Waals surface area contributed by atoms with Gasteiger partial charge >= 0.3 is 6.18 Å². The van der Waals surface area contributed by atoms with Crippen molar-refractivity contribution < 1.29 is 18.0 Å². The fraction of sp³-hybridized carbons (Fsp3) is 0.533. The van der Waals surface area contributed by atoms with Crippen LogP contribution in [0.2, 0.25) is 0 Å². The summed E-state index contributed by atoms with van der Waals surface area (Å²) in [4.78, 5) is 12.2. The molecule has 0 unspecified atom stereocenters. The third-order valence-electron chi connectivity index (χ3n) is 3.61. The van der Waals surface area contributed by atoms with E-state index in [1.165, 1.54) is 12.1 Å². The molecule has 1 aliphatic carbocycles. The number of halogens is 3. The number of para-hydroxylation sites is 1. The quantitative estimate of drug-likeness (QED) is 0.868. The number of carbonyl (C=O) groups excluding carboxylic acids is 1. The predicted molar refractivity (Wildman–Crippen MR) is 75.3 cm³/mol. The molecule has 1 aromatic carbocycles. The molecule has 1 aromatic rings. The Bertz CT molecular complexity index is 510. The highest BCUT2D eigenvalue weighted by Crippen LogP contribution is 2.36. The highest BCUT2D eigenvalue weighted by molar-refractivity contribution is 6.00. The Morgan fingerprint density at radius 2 is 2.05 bits per heavy atom. The Morgan fingerprint density at radius 3 is 2.57 bits per heavy atom. The lowest BCUT2D eigenvalue weighted by atomic mass is 9.92. The fourth-order valence-corrected chi connectivity index (χ4v) is 2.23. The third kappa shape index (κ3) is 3.68. The van der Waals surface area contributed by atoms with Crippen LogP contribution in [0.3, 0.4) is 0 Å². The highest BCUT2D eigenvalue weighted by atomic mass is 19.4. The van der Waals surface area contributed by atoms with Gasteiger partial charge in [0.05, 0.1) is 16.8 Å². The Hall–Kier alpha value is -1.72. The lowest BCUT2D eigenvalue weighted by molar-refractivity contribution is -0.137. The van der Waals surface area contributed by atoms with E-state index in [1.54, 1.807) is 0 Å². The number of benzene rings is 1. The summed E-state index contributed by atoms with van der Waals surface area (Å²) in [6.07, 6.45) is -0.974. The lowest BCUT2D eigenvalue weighted by Crippen LogP contribution is -2.39. The van der Waals surface area contributed by atoms with Gasteiger partial charge in [-0.15, -0.1) is 0 Å². The minimum Gasteiger partial charge on any atom is -0.384 e. The highest BCUT2D eigenvalue weighted by Gasteiger charge is 2.35. The number of hydrogen-bond acceptors (Lipinski definition) is 2. The third-order valence-corrected chi connectivity index (χ3v) is 3.61. The average Bonchev–Trinajstić information content (AvgIpc) is 2.38. The maximum absolute atomic E-state index is 13.1. The second kappa shape index (κ2) is 6.37. The molecule has 0 heterocycles. The van der Waals surface area contributed by atoms with Crippen molar-refractivity contribution in [3.8, 4) is 0 Å². The molecule has 0 aromatic heterocycles. The molecule has 0 spiro atoms. The van der Waals surface area contributed by atoms with E-state index in [4.69, 9.17) is 0 Å². The predicted octanol–water partition coefficient (Wildman–Crippen LogP) is 3.81. The van der Waals surface area contributed by atoms with Gasteiger partial charge in [-0.2, -0.15) is 13.2 Å². The topological polar surface area (TPSA) is 41.1 Å². The van der Waals surface area contributed by atoms with Gasteiger partial charge in [-0.05, 0) is 37.8 Å². The molecular formula is C15H19F3N2O. The fourth-order valence-electron chi connectivity index (χ4n) is 2.23. The van der Waals surface area contributed by atoms with Crippen LogP contribution < -0.4 is 10.6 Å². The van der Waals surface area contributed by atoms with Crippen LogP contribution >= 0.6 is 0 Å². The minimum absolute atomic E-state index is 0.0603. The molecular weight excluding hydrogens is 281 g/mol. The van der Waals surface area contributed by atoms with Crippen molar-refractivity contribution in [1.82, 2.24) is 5.32 Å². The molecule has 21 heavy (non-hydrogen) atoms. The first kappa shape index (κ1) is 15.7. The minimum atomic E-state index is -4.48. The summed E-state index contributed by atoms with van der Waals surface area (Å²) in [5, 5.41) is 5.53. The molecule has 116 valence electrons. The molecule has 2 rings (SSSR count). The Labute approximate surface area is 121 Å². The molecule has 0 saturated heterocycles. The lowest BCUT2D eigenvalue weighted by Gasteiger charge is -2.27. The van der Waals surface area contributed by atoms with Crippen molar-refractivity contribution in [1.29, 1.82) is 0 Å². The van der Waals surface area contributed by atoms with Gasteiger partial charge in [0, 0.05) is 12.6 Å². The first-order valence-corrected chi connectivity index (χ1v) is 7.18. The largest absolute Gasteiger partial charge is 0.418 e. The summed E-state index contributed by atoms with van der Waals surface area (Å²) in [6.45, 7) is 2.24. The van der Waals surface area contributed by atoms with Crippen molar-refractivity contribution in [2.45, 2.75) is 44.8 Å². The van der Waals surface area contributed by atoms with E-state index in [0.717, 1.165) is 25.3 Å². The monoisotopic (exact) mass is 300 g/mol. The van der Waals surface area contributed by atoms with Crippen LogP contribution in [-0.2, 0) is 6.18 Å². The van der Waals surface area contributed by atoms with Gasteiger partial charge in [-0.1, -0.05) is 13.0 Å². The van der Waals surface area contributed by atoms with Crippen LogP contribution in [0.15, 0.2) is 18.2 Å². The van der Waals surface area contributed by atoms with Gasteiger partial charge in [0.25, 0.3) is 5.91 Å². The first-order chi connectivity index (χ1) is 9.93. The zero-order chi connectivity index (χ0) is 15.5. The Kier molecular flexibility index (Phi) is 4.75. The van der Waals surface area contributed by atoms with E-state index in [1.807, 2.05) is 6.92 Å². The molecule has 6 heteroatoms. The molecule has 1 aliphatic rings. The molecule has 3 nitrogen and oxygen atoms in total. The second-order valence-corrected chi connectivity index (χ2v) is 5.25. The number of anilines is 1. The van der Waals surface area contributed by atoms with Crippen LogP contribution in [-0.4, -0.2) is 18.5 Å². The second-order valence-electron chi connectivity index (χ2n) is 5.25. The molecule has 2 N–H and O–H groups in total. The maximum Gasteiger partial charge on any atom is 0.418 e. The molecule has 1 amide bonds. The summed E-state index contributed by atoms with van der Waals surface area (Å²) in [6, 6.07) is 3.79. The number of carbonyl (C=O) groups is 1. The molecule has 1 fully saturated rings. The van der Waals surface area contributed by atoms with Gasteiger partial charge in [-0.3, -0.25) is 4.79 Å². The summed E-state index contributed by atoms with van der Waals surface area (Å²) in [5.41, 5.74) is -0.856. The Balaban J connectivity index is 2.31. The van der Waals surface area contributed by atoms with Crippen molar-refractivity contribution in [3.63, 3.8) is 0 Å². The molecule has 0 radical (unpaired) electrons. The molecule has 0 atom stereocenters. The standard InChI is InChI=1S/C15H19F3N2O/c1-2-9-19-13-11(14(21)20-10-5-3-6-10)7-4-8-12(13)15(16,17)18/h4,7-8,10,19H,2-3,5-6,9H2,1H3,(H,20,21). The van der Waals surface area contributed by atoms with E-state index < -0.39 is 17.6 Å². The Morgan fingerprint density at radius 1 is 1.33 bits per heavy atom. The van der Waals surface area contributed by atoms with Gasteiger partial charge in [-0.25, -0.2) is 0 Å². The van der Waals surface area contributed by atoms with E-state index in [0.29, 0.717) is 13.0 Å². The van der Waals surface area contributed by atoms with Gasteiger partial charge in [0.2, 0.25) is 0 Å². The van der Waals surface area contributed by atoms with Crippen LogP contribution in [0.25, 0.3) is 0 Å². The van der Waals surface area contributed by atoms with Gasteiger partial charge in [0.1, 0.15) is 0 Å². The SMILES string of the molecule is CCCNc1c(C(=O)NC2CCC2)cccc1C(F)(F)F. The smallest absolute Gasteiger partial charge is 0.384 e. The van der Waals surface area contributed by atoms with E-state index in [9.17, 15) is 18.0 Å². The van der Waals surface area contributed by atoms with Crippen molar-refractivity contribution in [2.24, 2.45) is 0 Å². The van der Waals surface area contributed by atoms with E-state index >= 15 is 0 Å². The average molecular weight is 300 g/mol. The van der Waals surface area contributed by atoms with Crippen molar-refractivity contribution in [3.05, 3.63) is 29.3 Å². The molecule has 1 saturated carbocycles. The first-order valence-electron chi connectivity index (χ1n) is 7.18. The van der Waals surface area contributed by atoms with Crippen LogP contribution in [0, 0.1) is 0 Å². The van der Waals surface area contributed by atoms with Crippen LogP contribution in [0.5, 0.6) is 0 Å². The number of amides is 1. The van der Waals surface area contributed by atoms with Crippen LogP contribution in [0.1, 0.15) is 48.5 Å². The number of hydrogen-bond donors (Lipinski definition) is 2. The van der Waals surface area contributed by atoms with Gasteiger partial charge < -0.3 is 10.6 Å². The van der Waals surface area contributed by atoms with E-state index in [-0.39, 0.29) is 17.3 Å². The van der Waals surface area contributed by atoms with E-state index in [2.05, 4.69) is 10.6 Å². The van der Waals surface area contributed by atoms with Crippen molar-refractivity contribution >= 4 is 11.6 Å². The number of rotatable bonds is 5. The molecule has 0 aliphatic heterocycles. The maximum atomic E-state index is 13.1. The zero-order valence-electron chi connectivity index (χ0n) is 11.9. The van der Waals surface area contributed by atoms with Crippen LogP contribution in [0.4, 0.5) is 18.9 Å². The zero-order valence-corrected chi connectivity index (χ0v) is 11.9. The molecule has 0 bridgehead atoms. The summed E-state index contributed by atoms with van der Waals surface area (Å²) in [5.74, 6) is -0.440. The summed E-state index contributed by atoms with van der Waals surface area (Å²) < 4.78 is 39.3. The summed E-state index contributed by atoms with van der Waals surface area (Å²) >= 11 is 0. The number of nitrogens with one attached hydrogen (secondary N) is 2. The number of alkyl halides is 3. The summed E-state index contributed by atoms with van der Waals surface area (Å²) in [7, 11) is 0.